The third-order valence-corrected chi connectivity index (χ3v) is 2.48. The number of carboxylic acid groups (broad SMARTS) is 1. The summed E-state index contributed by atoms with van der Waals surface area (Å²) in [6, 6.07) is 5.11. The van der Waals surface area contributed by atoms with Crippen LogP contribution in [0.15, 0.2) is 18.2 Å². The molecule has 1 heterocycles. The average Bonchev–Trinajstić information content (AvgIpc) is 2.27. The van der Waals surface area contributed by atoms with Crippen LogP contribution in [0, 0.1) is 0 Å². The summed E-state index contributed by atoms with van der Waals surface area (Å²) in [5, 5.41) is 11.5. The van der Waals surface area contributed by atoms with E-state index in [9.17, 15) is 9.59 Å². The second kappa shape index (κ2) is 4.32. The number of nitrogens with one attached hydrogen (secondary N) is 1. The molecular weight excluding hydrogens is 224 g/mol. The van der Waals surface area contributed by atoms with Crippen molar-refractivity contribution >= 4 is 23.3 Å². The molecule has 0 spiro atoms. The molecule has 0 saturated carbocycles. The molecule has 0 atom stereocenters. The van der Waals surface area contributed by atoms with E-state index in [1.807, 2.05) is 0 Å². The normalized spacial score (nSPS) is 13.9. The first-order valence-corrected chi connectivity index (χ1v) is 5.05. The molecule has 0 fully saturated rings. The highest BCUT2D eigenvalue weighted by Gasteiger charge is 2.23. The van der Waals surface area contributed by atoms with Gasteiger partial charge in [0.15, 0.2) is 0 Å². The van der Waals surface area contributed by atoms with Gasteiger partial charge in [-0.05, 0) is 12.1 Å². The molecule has 1 aliphatic heterocycles. The lowest BCUT2D eigenvalue weighted by Crippen LogP contribution is -2.41. The molecule has 6 nitrogen and oxygen atoms in total. The topological polar surface area (TPSA) is 78.9 Å². The summed E-state index contributed by atoms with van der Waals surface area (Å²) in [7, 11) is 1.53. The van der Waals surface area contributed by atoms with Crippen molar-refractivity contribution in [2.24, 2.45) is 0 Å². The lowest BCUT2D eigenvalue weighted by Gasteiger charge is -2.29. The van der Waals surface area contributed by atoms with Crippen molar-refractivity contribution < 1.29 is 19.4 Å². The standard InChI is InChI=1S/C11H12N2O4/c1-17-7-2-3-8-9(4-7)13(6-11(15)16)5-10(14)12-8/h2-4H,5-6H2,1H3,(H,12,14)(H,15,16). The van der Waals surface area contributed by atoms with Crippen LogP contribution in [0.4, 0.5) is 11.4 Å². The number of rotatable bonds is 3. The van der Waals surface area contributed by atoms with E-state index >= 15 is 0 Å². The summed E-state index contributed by atoms with van der Waals surface area (Å²) in [4.78, 5) is 23.6. The van der Waals surface area contributed by atoms with Gasteiger partial charge in [0, 0.05) is 6.07 Å². The summed E-state index contributed by atoms with van der Waals surface area (Å²) < 4.78 is 5.07. The number of hydrogen-bond acceptors (Lipinski definition) is 4. The summed E-state index contributed by atoms with van der Waals surface area (Å²) in [6.45, 7) is -0.181. The molecule has 0 aromatic heterocycles. The van der Waals surface area contributed by atoms with E-state index in [0.717, 1.165) is 0 Å². The minimum absolute atomic E-state index is 0.0342. The predicted molar refractivity (Wildman–Crippen MR) is 61.5 cm³/mol. The van der Waals surface area contributed by atoms with Gasteiger partial charge in [0.25, 0.3) is 0 Å². The van der Waals surface area contributed by atoms with Crippen molar-refractivity contribution in [1.29, 1.82) is 0 Å². The van der Waals surface area contributed by atoms with Crippen molar-refractivity contribution in [3.63, 3.8) is 0 Å². The van der Waals surface area contributed by atoms with Gasteiger partial charge in [-0.3, -0.25) is 9.59 Å². The van der Waals surface area contributed by atoms with Gasteiger partial charge in [-0.2, -0.15) is 0 Å². The number of fused-ring (bicyclic) bond motifs is 1. The minimum atomic E-state index is -0.978. The third kappa shape index (κ3) is 2.30. The number of methoxy groups -OCH3 is 1. The molecule has 0 bridgehead atoms. The molecule has 6 heteroatoms. The van der Waals surface area contributed by atoms with E-state index < -0.39 is 5.97 Å². The highest BCUT2D eigenvalue weighted by Crippen LogP contribution is 2.32. The van der Waals surface area contributed by atoms with Crippen molar-refractivity contribution in [3.8, 4) is 5.75 Å². The molecule has 0 unspecified atom stereocenters. The van der Waals surface area contributed by atoms with Gasteiger partial charge >= 0.3 is 5.97 Å². The van der Waals surface area contributed by atoms with Gasteiger partial charge in [0.1, 0.15) is 12.3 Å². The number of ether oxygens (including phenoxy) is 1. The zero-order valence-corrected chi connectivity index (χ0v) is 9.27. The fourth-order valence-electron chi connectivity index (χ4n) is 1.76. The van der Waals surface area contributed by atoms with Gasteiger partial charge in [0.2, 0.25) is 5.91 Å². The highest BCUT2D eigenvalue weighted by atomic mass is 16.5. The Balaban J connectivity index is 2.38. The zero-order chi connectivity index (χ0) is 12.4. The molecule has 2 rings (SSSR count). The third-order valence-electron chi connectivity index (χ3n) is 2.48. The number of benzene rings is 1. The van der Waals surface area contributed by atoms with Gasteiger partial charge in [0.05, 0.1) is 25.0 Å². The van der Waals surface area contributed by atoms with Crippen LogP contribution in [0.3, 0.4) is 0 Å². The van der Waals surface area contributed by atoms with E-state index in [-0.39, 0.29) is 19.0 Å². The van der Waals surface area contributed by atoms with E-state index in [1.165, 1.54) is 12.0 Å². The van der Waals surface area contributed by atoms with E-state index in [0.29, 0.717) is 17.1 Å². The molecular formula is C11H12N2O4. The Kier molecular flexibility index (Phi) is 2.86. The Morgan fingerprint density at radius 1 is 1.59 bits per heavy atom. The maximum absolute atomic E-state index is 11.4. The fourth-order valence-corrected chi connectivity index (χ4v) is 1.76. The largest absolute Gasteiger partial charge is 0.497 e. The predicted octanol–water partition coefficient (Wildman–Crippen LogP) is 0.538. The number of carbonyl (C=O) groups excluding carboxylic acids is 1. The van der Waals surface area contributed by atoms with Gasteiger partial charge < -0.3 is 20.1 Å². The maximum atomic E-state index is 11.4. The number of anilines is 2. The molecule has 1 amide bonds. The van der Waals surface area contributed by atoms with Gasteiger partial charge in [-0.1, -0.05) is 0 Å². The van der Waals surface area contributed by atoms with E-state index in [1.54, 1.807) is 18.2 Å². The van der Waals surface area contributed by atoms with Crippen LogP contribution in [0.5, 0.6) is 5.75 Å². The molecule has 0 aliphatic carbocycles. The lowest BCUT2D eigenvalue weighted by atomic mass is 10.2. The van der Waals surface area contributed by atoms with E-state index in [2.05, 4.69) is 5.32 Å². The Bertz CT molecular complexity index is 473. The van der Waals surface area contributed by atoms with Crippen LogP contribution in [0.1, 0.15) is 0 Å². The van der Waals surface area contributed by atoms with Crippen molar-refractivity contribution in [1.82, 2.24) is 0 Å². The quantitative estimate of drug-likeness (QED) is 0.800. The SMILES string of the molecule is COc1ccc2c(c1)N(CC(=O)O)CC(=O)N2. The van der Waals surface area contributed by atoms with E-state index in [4.69, 9.17) is 9.84 Å². The zero-order valence-electron chi connectivity index (χ0n) is 9.27. The van der Waals surface area contributed by atoms with Crippen molar-refractivity contribution in [2.75, 3.05) is 30.4 Å². The summed E-state index contributed by atoms with van der Waals surface area (Å²) in [5.74, 6) is -0.576. The van der Waals surface area contributed by atoms with Crippen LogP contribution in [-0.2, 0) is 9.59 Å². The first-order chi connectivity index (χ1) is 8.10. The summed E-state index contributed by atoms with van der Waals surface area (Å²) >= 11 is 0. The summed E-state index contributed by atoms with van der Waals surface area (Å²) in [6.07, 6.45) is 0. The average molecular weight is 236 g/mol. The molecule has 1 aromatic rings. The Morgan fingerprint density at radius 2 is 2.35 bits per heavy atom. The molecule has 17 heavy (non-hydrogen) atoms. The maximum Gasteiger partial charge on any atom is 0.323 e. The van der Waals surface area contributed by atoms with Crippen molar-refractivity contribution in [3.05, 3.63) is 18.2 Å². The summed E-state index contributed by atoms with van der Waals surface area (Å²) in [5.41, 5.74) is 1.26. The smallest absolute Gasteiger partial charge is 0.323 e. The molecule has 0 radical (unpaired) electrons. The van der Waals surface area contributed by atoms with Crippen LogP contribution in [0.2, 0.25) is 0 Å². The first-order valence-electron chi connectivity index (χ1n) is 5.05. The van der Waals surface area contributed by atoms with Crippen LogP contribution < -0.4 is 15.0 Å². The first kappa shape index (κ1) is 11.3. The Morgan fingerprint density at radius 3 is 3.00 bits per heavy atom. The lowest BCUT2D eigenvalue weighted by molar-refractivity contribution is -0.135. The van der Waals surface area contributed by atoms with Crippen molar-refractivity contribution in [2.45, 2.75) is 0 Å². The number of nitrogens with zero attached hydrogens (tertiary/aromatic N) is 1. The number of hydrogen-bond donors (Lipinski definition) is 2. The number of carbonyl (C=O) groups is 2. The second-order valence-electron chi connectivity index (χ2n) is 3.68. The fraction of sp³-hybridized carbons (Fsp3) is 0.273. The van der Waals surface area contributed by atoms with Crippen LogP contribution in [0.25, 0.3) is 0 Å². The highest BCUT2D eigenvalue weighted by molar-refractivity contribution is 6.02. The molecule has 1 aromatic carbocycles. The van der Waals surface area contributed by atoms with Crippen LogP contribution in [-0.4, -0.2) is 37.2 Å². The second-order valence-corrected chi connectivity index (χ2v) is 3.68. The Labute approximate surface area is 97.8 Å². The molecule has 90 valence electrons. The minimum Gasteiger partial charge on any atom is -0.497 e. The Hall–Kier alpha value is -2.24. The number of aliphatic carboxylic acids is 1. The van der Waals surface area contributed by atoms with Gasteiger partial charge in [-0.15, -0.1) is 0 Å². The molecule has 1 aliphatic rings. The number of amides is 1. The van der Waals surface area contributed by atoms with Gasteiger partial charge in [-0.25, -0.2) is 0 Å². The monoisotopic (exact) mass is 236 g/mol. The molecule has 2 N–H and O–H groups in total. The molecule has 0 saturated heterocycles. The number of carboxylic acids is 1. The van der Waals surface area contributed by atoms with Crippen LogP contribution >= 0.6 is 0 Å².